The number of ketones is 2. The van der Waals surface area contributed by atoms with E-state index in [0.717, 1.165) is 46.5 Å². The first-order valence-corrected chi connectivity index (χ1v) is 11.3. The summed E-state index contributed by atoms with van der Waals surface area (Å²) in [5, 5.41) is 8.83. The fourth-order valence-electron chi connectivity index (χ4n) is 4.25. The van der Waals surface area contributed by atoms with Crippen LogP contribution in [0.15, 0.2) is 88.6 Å². The van der Waals surface area contributed by atoms with Crippen molar-refractivity contribution in [2.45, 2.75) is 45.4 Å². The average molecular weight is 425 g/mol. The van der Waals surface area contributed by atoms with Gasteiger partial charge in [0, 0.05) is 25.2 Å². The van der Waals surface area contributed by atoms with Crippen molar-refractivity contribution in [1.82, 2.24) is 0 Å². The van der Waals surface area contributed by atoms with Gasteiger partial charge in [-0.2, -0.15) is 10.2 Å². The van der Waals surface area contributed by atoms with Gasteiger partial charge in [-0.3, -0.25) is 9.59 Å². The van der Waals surface area contributed by atoms with E-state index in [0.29, 0.717) is 25.7 Å². The van der Waals surface area contributed by atoms with Crippen molar-refractivity contribution in [3.05, 3.63) is 95.1 Å². The number of nitrogens with zero attached hydrogens (tertiary/aromatic N) is 2. The second-order valence-electron chi connectivity index (χ2n) is 8.36. The smallest absolute Gasteiger partial charge is 0.163 e. The van der Waals surface area contributed by atoms with Crippen LogP contribution in [0.25, 0.3) is 0 Å². The Balaban J connectivity index is 1.26. The summed E-state index contributed by atoms with van der Waals surface area (Å²) in [5.74, 6) is 0.549. The zero-order chi connectivity index (χ0) is 22.3. The number of carbonyl (C=O) groups excluding carboxylic acids is 2. The Kier molecular flexibility index (Phi) is 7.00. The third kappa shape index (κ3) is 5.25. The lowest BCUT2D eigenvalue weighted by molar-refractivity contribution is -0.118. The van der Waals surface area contributed by atoms with Gasteiger partial charge in [0.2, 0.25) is 0 Å². The molecule has 0 N–H and O–H groups in total. The minimum absolute atomic E-state index is 0.165. The number of rotatable bonds is 10. The van der Waals surface area contributed by atoms with Crippen LogP contribution in [0.2, 0.25) is 0 Å². The number of hydrogen-bond donors (Lipinski definition) is 0. The summed E-state index contributed by atoms with van der Waals surface area (Å²) in [4.78, 5) is 24.9. The third-order valence-electron chi connectivity index (χ3n) is 6.07. The molecule has 1 unspecified atom stereocenters. The third-order valence-corrected chi connectivity index (χ3v) is 6.07. The molecule has 4 rings (SSSR count). The van der Waals surface area contributed by atoms with E-state index in [9.17, 15) is 9.59 Å². The highest BCUT2D eigenvalue weighted by Crippen LogP contribution is 2.24. The van der Waals surface area contributed by atoms with Gasteiger partial charge in [-0.1, -0.05) is 79.7 Å². The van der Waals surface area contributed by atoms with E-state index in [1.165, 1.54) is 0 Å². The number of benzene rings is 2. The Bertz CT molecular complexity index is 1110. The van der Waals surface area contributed by atoms with Crippen LogP contribution in [0.3, 0.4) is 0 Å². The van der Waals surface area contributed by atoms with E-state index in [-0.39, 0.29) is 17.5 Å². The maximum Gasteiger partial charge on any atom is 0.163 e. The largest absolute Gasteiger partial charge is 0.299 e. The molecule has 0 aromatic heterocycles. The van der Waals surface area contributed by atoms with E-state index in [2.05, 4.69) is 29.3 Å². The first-order chi connectivity index (χ1) is 15.6. The SMILES string of the molecule is CCC1C(CCC(=O)Cc2ccc(CC(=O)C3=CC=CC3)cc2)=NN=C1c1ccccc1. The highest BCUT2D eigenvalue weighted by Gasteiger charge is 2.26. The quantitative estimate of drug-likeness (QED) is 0.508. The molecule has 1 aliphatic heterocycles. The molecule has 0 fully saturated rings. The van der Waals surface area contributed by atoms with Crippen LogP contribution in [0.5, 0.6) is 0 Å². The summed E-state index contributed by atoms with van der Waals surface area (Å²) in [6, 6.07) is 18.0. The van der Waals surface area contributed by atoms with Crippen LogP contribution in [0.1, 0.15) is 49.3 Å². The van der Waals surface area contributed by atoms with Gasteiger partial charge in [-0.15, -0.1) is 0 Å². The number of allylic oxidation sites excluding steroid dienone is 4. The Morgan fingerprint density at radius 2 is 1.66 bits per heavy atom. The van der Waals surface area contributed by atoms with Crippen molar-refractivity contribution in [3.8, 4) is 0 Å². The average Bonchev–Trinajstić information content (AvgIpc) is 3.50. The molecule has 1 aliphatic carbocycles. The van der Waals surface area contributed by atoms with Crippen molar-refractivity contribution in [3.63, 3.8) is 0 Å². The summed E-state index contributed by atoms with van der Waals surface area (Å²) in [6.45, 7) is 2.14. The highest BCUT2D eigenvalue weighted by atomic mass is 16.1. The van der Waals surface area contributed by atoms with E-state index >= 15 is 0 Å². The Morgan fingerprint density at radius 3 is 2.31 bits per heavy atom. The van der Waals surface area contributed by atoms with Crippen LogP contribution in [0.4, 0.5) is 0 Å². The van der Waals surface area contributed by atoms with Gasteiger partial charge < -0.3 is 0 Å². The van der Waals surface area contributed by atoms with Gasteiger partial charge in [-0.05, 0) is 41.5 Å². The zero-order valence-electron chi connectivity index (χ0n) is 18.5. The lowest BCUT2D eigenvalue weighted by Crippen LogP contribution is -2.21. The molecule has 2 aliphatic rings. The van der Waals surface area contributed by atoms with E-state index in [4.69, 9.17) is 0 Å². The molecule has 2 aromatic rings. The number of carbonyl (C=O) groups is 2. The van der Waals surface area contributed by atoms with Gasteiger partial charge in [0.15, 0.2) is 5.78 Å². The maximum absolute atomic E-state index is 12.6. The Morgan fingerprint density at radius 1 is 0.938 bits per heavy atom. The number of hydrogen-bond acceptors (Lipinski definition) is 4. The molecular weight excluding hydrogens is 396 g/mol. The molecule has 4 nitrogen and oxygen atoms in total. The van der Waals surface area contributed by atoms with Crippen LogP contribution in [0, 0.1) is 5.92 Å². The van der Waals surface area contributed by atoms with Gasteiger partial charge in [0.1, 0.15) is 5.78 Å². The first kappa shape index (κ1) is 21.8. The molecule has 1 atom stereocenters. The Labute approximate surface area is 189 Å². The predicted octanol–water partition coefficient (Wildman–Crippen LogP) is 5.46. The molecule has 0 radical (unpaired) electrons. The fourth-order valence-corrected chi connectivity index (χ4v) is 4.25. The van der Waals surface area contributed by atoms with Crippen molar-refractivity contribution in [2.24, 2.45) is 16.1 Å². The molecule has 0 saturated carbocycles. The summed E-state index contributed by atoms with van der Waals surface area (Å²) in [6.07, 6.45) is 9.39. The summed E-state index contributed by atoms with van der Waals surface area (Å²) >= 11 is 0. The molecular formula is C28H28N2O2. The molecule has 32 heavy (non-hydrogen) atoms. The molecule has 0 bridgehead atoms. The topological polar surface area (TPSA) is 58.9 Å². The molecule has 0 amide bonds. The van der Waals surface area contributed by atoms with Crippen LogP contribution in [-0.4, -0.2) is 23.0 Å². The predicted molar refractivity (Wildman–Crippen MR) is 129 cm³/mol. The monoisotopic (exact) mass is 424 g/mol. The second-order valence-corrected chi connectivity index (χ2v) is 8.36. The highest BCUT2D eigenvalue weighted by molar-refractivity contribution is 6.17. The van der Waals surface area contributed by atoms with Crippen LogP contribution < -0.4 is 0 Å². The molecule has 162 valence electrons. The van der Waals surface area contributed by atoms with Gasteiger partial charge >= 0.3 is 0 Å². The molecule has 1 heterocycles. The summed E-state index contributed by atoms with van der Waals surface area (Å²) < 4.78 is 0. The Hall–Kier alpha value is -3.40. The van der Waals surface area contributed by atoms with Crippen molar-refractivity contribution < 1.29 is 9.59 Å². The molecule has 4 heteroatoms. The normalized spacial score (nSPS) is 17.2. The lowest BCUT2D eigenvalue weighted by Gasteiger charge is -2.13. The lowest BCUT2D eigenvalue weighted by atomic mass is 9.88. The summed E-state index contributed by atoms with van der Waals surface area (Å²) in [7, 11) is 0. The van der Waals surface area contributed by atoms with Gasteiger partial charge in [-0.25, -0.2) is 0 Å². The van der Waals surface area contributed by atoms with E-state index in [1.807, 2.05) is 60.7 Å². The first-order valence-electron chi connectivity index (χ1n) is 11.3. The molecule has 2 aromatic carbocycles. The summed E-state index contributed by atoms with van der Waals surface area (Å²) in [5.41, 5.74) is 5.94. The standard InChI is InChI=1S/C28H28N2O2/c1-2-25-26(29-30-28(25)23-10-4-3-5-11-23)17-16-24(31)18-20-12-14-21(15-13-20)19-27(32)22-8-6-7-9-22/h3-8,10-15,25H,2,9,16-19H2,1H3. The number of Topliss-reactive ketones (excluding diaryl/α,β-unsaturated/α-hetero) is 2. The van der Waals surface area contributed by atoms with E-state index in [1.54, 1.807) is 0 Å². The minimum atomic E-state index is 0.165. The minimum Gasteiger partial charge on any atom is -0.299 e. The van der Waals surface area contributed by atoms with Crippen molar-refractivity contribution in [1.29, 1.82) is 0 Å². The van der Waals surface area contributed by atoms with Crippen molar-refractivity contribution in [2.75, 3.05) is 0 Å². The van der Waals surface area contributed by atoms with Gasteiger partial charge in [0.25, 0.3) is 0 Å². The molecule has 0 spiro atoms. The van der Waals surface area contributed by atoms with E-state index < -0.39 is 0 Å². The van der Waals surface area contributed by atoms with Crippen LogP contribution in [-0.2, 0) is 22.4 Å². The maximum atomic E-state index is 12.6. The van der Waals surface area contributed by atoms with Crippen molar-refractivity contribution >= 4 is 23.0 Å². The fraction of sp³-hybridized carbons (Fsp3) is 0.286. The van der Waals surface area contributed by atoms with Gasteiger partial charge in [0.05, 0.1) is 11.4 Å². The second kappa shape index (κ2) is 10.3. The molecule has 0 saturated heterocycles. The zero-order valence-corrected chi connectivity index (χ0v) is 18.5. The van der Waals surface area contributed by atoms with Crippen LogP contribution >= 0.6 is 0 Å².